The smallest absolute Gasteiger partial charge is 0.262 e. The zero-order valence-corrected chi connectivity index (χ0v) is 17.9. The van der Waals surface area contributed by atoms with Crippen molar-refractivity contribution in [2.24, 2.45) is 5.92 Å². The monoisotopic (exact) mass is 431 g/mol. The number of hydrogen-bond donors (Lipinski definition) is 0. The van der Waals surface area contributed by atoms with E-state index in [-0.39, 0.29) is 23.2 Å². The van der Waals surface area contributed by atoms with E-state index in [1.807, 2.05) is 37.1 Å². The number of benzene rings is 3. The van der Waals surface area contributed by atoms with Crippen LogP contribution in [0.3, 0.4) is 0 Å². The fourth-order valence-electron chi connectivity index (χ4n) is 4.35. The minimum Gasteiger partial charge on any atom is -0.345 e. The summed E-state index contributed by atoms with van der Waals surface area (Å²) in [5, 5.41) is 0.523. The van der Waals surface area contributed by atoms with Gasteiger partial charge in [-0.25, -0.2) is 13.8 Å². The van der Waals surface area contributed by atoms with Gasteiger partial charge in [-0.3, -0.25) is 9.36 Å². The number of fused-ring (bicyclic) bond motifs is 1. The van der Waals surface area contributed by atoms with Crippen LogP contribution in [0.4, 0.5) is 20.2 Å². The van der Waals surface area contributed by atoms with E-state index < -0.39 is 0 Å². The molecule has 0 bridgehead atoms. The molecule has 0 radical (unpaired) electrons. The number of anilines is 2. The molecule has 1 aliphatic carbocycles. The fourth-order valence-corrected chi connectivity index (χ4v) is 4.35. The van der Waals surface area contributed by atoms with E-state index in [9.17, 15) is 13.6 Å². The van der Waals surface area contributed by atoms with Crippen LogP contribution in [-0.2, 0) is 0 Å². The molecule has 0 amide bonds. The Bertz CT molecular complexity index is 1340. The lowest BCUT2D eigenvalue weighted by Crippen LogP contribution is -2.30. The summed E-state index contributed by atoms with van der Waals surface area (Å²) in [6.45, 7) is 1.85. The summed E-state index contributed by atoms with van der Waals surface area (Å²) in [5.74, 6) is 0.386. The molecular weight excluding hydrogens is 408 g/mol. The maximum atomic E-state index is 13.7. The highest BCUT2D eigenvalue weighted by Crippen LogP contribution is 2.43. The highest BCUT2D eigenvalue weighted by Gasteiger charge is 2.35. The summed E-state index contributed by atoms with van der Waals surface area (Å²) in [5.41, 5.74) is 3.06. The first-order valence-corrected chi connectivity index (χ1v) is 10.7. The van der Waals surface area contributed by atoms with E-state index in [2.05, 4.69) is 0 Å². The van der Waals surface area contributed by atoms with Crippen LogP contribution in [0.1, 0.15) is 30.3 Å². The molecule has 4 nitrogen and oxygen atoms in total. The maximum absolute atomic E-state index is 13.7. The van der Waals surface area contributed by atoms with Gasteiger partial charge in [0, 0.05) is 18.4 Å². The molecule has 0 aliphatic heterocycles. The standard InChI is InChI=1S/C26H23F2N3O/c1-16-29-24-14-13-22(30(2)21-11-9-20(28)10-12-21)15-23(24)26(32)31(16)25(17-3-4-17)18-5-7-19(27)8-6-18/h5-15,17,25H,3-4H2,1-2H3. The van der Waals surface area contributed by atoms with Crippen molar-refractivity contribution in [2.45, 2.75) is 25.8 Å². The lowest BCUT2D eigenvalue weighted by Gasteiger charge is -2.23. The Labute approximate surface area is 184 Å². The van der Waals surface area contributed by atoms with Crippen molar-refractivity contribution in [1.82, 2.24) is 9.55 Å². The molecule has 1 atom stereocenters. The molecule has 162 valence electrons. The van der Waals surface area contributed by atoms with Gasteiger partial charge in [-0.2, -0.15) is 0 Å². The molecule has 0 saturated heterocycles. The molecular formula is C26H23F2N3O. The van der Waals surface area contributed by atoms with Crippen molar-refractivity contribution >= 4 is 22.3 Å². The zero-order valence-electron chi connectivity index (χ0n) is 17.9. The SMILES string of the molecule is Cc1nc2ccc(N(C)c3ccc(F)cc3)cc2c(=O)n1C(c1ccc(F)cc1)C1CC1. The molecule has 1 heterocycles. The minimum atomic E-state index is -0.296. The number of aromatic nitrogens is 2. The minimum absolute atomic E-state index is 0.108. The quantitative estimate of drug-likeness (QED) is 0.404. The van der Waals surface area contributed by atoms with Crippen molar-refractivity contribution in [3.8, 4) is 0 Å². The molecule has 1 aromatic heterocycles. The second-order valence-corrected chi connectivity index (χ2v) is 8.40. The molecule has 1 fully saturated rings. The van der Waals surface area contributed by atoms with E-state index in [0.29, 0.717) is 22.6 Å². The summed E-state index contributed by atoms with van der Waals surface area (Å²) < 4.78 is 28.6. The summed E-state index contributed by atoms with van der Waals surface area (Å²) in [6, 6.07) is 18.0. The third-order valence-corrected chi connectivity index (χ3v) is 6.22. The Hall–Kier alpha value is -3.54. The van der Waals surface area contributed by atoms with Crippen LogP contribution in [-0.4, -0.2) is 16.6 Å². The van der Waals surface area contributed by atoms with Crippen LogP contribution in [0.15, 0.2) is 71.5 Å². The summed E-state index contributed by atoms with van der Waals surface area (Å²) in [6.07, 6.45) is 2.05. The summed E-state index contributed by atoms with van der Waals surface area (Å²) >= 11 is 0. The van der Waals surface area contributed by atoms with Gasteiger partial charge in [0.2, 0.25) is 0 Å². The predicted molar refractivity (Wildman–Crippen MR) is 122 cm³/mol. The van der Waals surface area contributed by atoms with Gasteiger partial charge in [-0.15, -0.1) is 0 Å². The Balaban J connectivity index is 1.63. The molecule has 6 heteroatoms. The maximum Gasteiger partial charge on any atom is 0.262 e. The van der Waals surface area contributed by atoms with Gasteiger partial charge in [0.05, 0.1) is 16.9 Å². The van der Waals surface area contributed by atoms with E-state index >= 15 is 0 Å². The third kappa shape index (κ3) is 3.66. The van der Waals surface area contributed by atoms with Crippen molar-refractivity contribution in [1.29, 1.82) is 0 Å². The molecule has 0 spiro atoms. The van der Waals surface area contributed by atoms with Crippen LogP contribution in [0.25, 0.3) is 10.9 Å². The average molecular weight is 431 g/mol. The molecule has 1 unspecified atom stereocenters. The van der Waals surface area contributed by atoms with E-state index in [1.165, 1.54) is 24.3 Å². The largest absolute Gasteiger partial charge is 0.345 e. The van der Waals surface area contributed by atoms with Crippen LogP contribution < -0.4 is 10.5 Å². The Morgan fingerprint density at radius 2 is 1.53 bits per heavy atom. The highest BCUT2D eigenvalue weighted by molar-refractivity contribution is 5.83. The van der Waals surface area contributed by atoms with Crippen molar-refractivity contribution in [3.63, 3.8) is 0 Å². The molecule has 5 rings (SSSR count). The van der Waals surface area contributed by atoms with Crippen LogP contribution in [0.2, 0.25) is 0 Å². The molecule has 4 aromatic rings. The zero-order chi connectivity index (χ0) is 22.4. The second kappa shape index (κ2) is 7.86. The lowest BCUT2D eigenvalue weighted by atomic mass is 10.0. The normalized spacial score (nSPS) is 14.5. The number of aryl methyl sites for hydroxylation is 1. The van der Waals surface area contributed by atoms with Gasteiger partial charge in [0.1, 0.15) is 17.5 Å². The van der Waals surface area contributed by atoms with Crippen molar-refractivity contribution in [2.75, 3.05) is 11.9 Å². The highest BCUT2D eigenvalue weighted by atomic mass is 19.1. The number of halogens is 2. The number of nitrogens with zero attached hydrogens (tertiary/aromatic N) is 3. The number of rotatable bonds is 5. The van der Waals surface area contributed by atoms with E-state index in [0.717, 1.165) is 29.8 Å². The third-order valence-electron chi connectivity index (χ3n) is 6.22. The summed E-state index contributed by atoms with van der Waals surface area (Å²) in [7, 11) is 1.88. The van der Waals surface area contributed by atoms with Crippen molar-refractivity contribution < 1.29 is 8.78 Å². The van der Waals surface area contributed by atoms with Crippen LogP contribution in [0, 0.1) is 24.5 Å². The van der Waals surface area contributed by atoms with Crippen LogP contribution >= 0.6 is 0 Å². The van der Waals surface area contributed by atoms with Gasteiger partial charge >= 0.3 is 0 Å². The molecule has 3 aromatic carbocycles. The molecule has 1 aliphatic rings. The first kappa shape index (κ1) is 20.4. The van der Waals surface area contributed by atoms with Gasteiger partial charge in [-0.05, 0) is 85.8 Å². The van der Waals surface area contributed by atoms with E-state index in [4.69, 9.17) is 4.98 Å². The van der Waals surface area contributed by atoms with Gasteiger partial charge in [-0.1, -0.05) is 12.1 Å². The predicted octanol–water partition coefficient (Wildman–Crippen LogP) is 5.75. The Morgan fingerprint density at radius 1 is 0.938 bits per heavy atom. The van der Waals surface area contributed by atoms with Crippen molar-refractivity contribution in [3.05, 3.63) is 100 Å². The van der Waals surface area contributed by atoms with Gasteiger partial charge < -0.3 is 4.90 Å². The lowest BCUT2D eigenvalue weighted by molar-refractivity contribution is 0.487. The fraction of sp³-hybridized carbons (Fsp3) is 0.231. The average Bonchev–Trinajstić information content (AvgIpc) is 3.62. The topological polar surface area (TPSA) is 38.1 Å². The first-order valence-electron chi connectivity index (χ1n) is 10.7. The molecule has 32 heavy (non-hydrogen) atoms. The van der Waals surface area contributed by atoms with Gasteiger partial charge in [0.15, 0.2) is 0 Å². The first-order chi connectivity index (χ1) is 15.4. The second-order valence-electron chi connectivity index (χ2n) is 8.40. The molecule has 1 saturated carbocycles. The molecule has 0 N–H and O–H groups in total. The summed E-state index contributed by atoms with van der Waals surface area (Å²) in [4.78, 5) is 20.3. The van der Waals surface area contributed by atoms with E-state index in [1.54, 1.807) is 28.8 Å². The Morgan fingerprint density at radius 3 is 2.16 bits per heavy atom. The van der Waals surface area contributed by atoms with Gasteiger partial charge in [0.25, 0.3) is 5.56 Å². The van der Waals surface area contributed by atoms with Crippen LogP contribution in [0.5, 0.6) is 0 Å². The number of hydrogen-bond acceptors (Lipinski definition) is 3. The Kier molecular flexibility index (Phi) is 5.00.